The fourth-order valence-electron chi connectivity index (χ4n) is 2.54. The number of carbonyl (C=O) groups is 3. The van der Waals surface area contributed by atoms with Crippen molar-refractivity contribution in [3.05, 3.63) is 37.4 Å². The number of fused-ring (bicyclic) bond motifs is 1. The van der Waals surface area contributed by atoms with Gasteiger partial charge in [-0.05, 0) is 37.0 Å². The van der Waals surface area contributed by atoms with E-state index in [-0.39, 0.29) is 5.91 Å². The number of hydrogen-bond donors (Lipinski definition) is 2. The van der Waals surface area contributed by atoms with E-state index in [1.54, 1.807) is 12.1 Å². The predicted octanol–water partition coefficient (Wildman–Crippen LogP) is 3.70. The molecule has 0 unspecified atom stereocenters. The highest BCUT2D eigenvalue weighted by atomic mass is 35.5. The summed E-state index contributed by atoms with van der Waals surface area (Å²) in [4.78, 5) is 37.6. The van der Waals surface area contributed by atoms with E-state index >= 15 is 0 Å². The Kier molecular flexibility index (Phi) is 4.88. The molecule has 0 atom stereocenters. The van der Waals surface area contributed by atoms with E-state index in [4.69, 9.17) is 11.6 Å². The number of thiophene rings is 2. The molecule has 9 heteroatoms. The minimum Gasteiger partial charge on any atom is -0.453 e. The number of rotatable bonds is 3. The van der Waals surface area contributed by atoms with Crippen LogP contribution in [0.2, 0.25) is 4.34 Å². The van der Waals surface area contributed by atoms with Crippen molar-refractivity contribution in [2.45, 2.75) is 19.3 Å². The first-order valence-electron chi connectivity index (χ1n) is 7.10. The Labute approximate surface area is 150 Å². The first kappa shape index (κ1) is 16.9. The first-order valence-corrected chi connectivity index (χ1v) is 9.11. The maximum Gasteiger partial charge on any atom is 0.413 e. The van der Waals surface area contributed by atoms with Gasteiger partial charge in [-0.2, -0.15) is 0 Å². The third-order valence-corrected chi connectivity index (χ3v) is 6.01. The molecule has 6 nitrogen and oxygen atoms in total. The van der Waals surface area contributed by atoms with Gasteiger partial charge in [-0.3, -0.25) is 14.9 Å². The van der Waals surface area contributed by atoms with Crippen molar-refractivity contribution in [2.75, 3.05) is 12.4 Å². The monoisotopic (exact) mass is 384 g/mol. The van der Waals surface area contributed by atoms with Crippen LogP contribution in [0.15, 0.2) is 12.1 Å². The molecule has 2 N–H and O–H groups in total. The van der Waals surface area contributed by atoms with Gasteiger partial charge in [0.15, 0.2) is 0 Å². The van der Waals surface area contributed by atoms with Crippen LogP contribution in [0.5, 0.6) is 0 Å². The zero-order valence-electron chi connectivity index (χ0n) is 12.6. The summed E-state index contributed by atoms with van der Waals surface area (Å²) >= 11 is 8.37. The highest BCUT2D eigenvalue weighted by molar-refractivity contribution is 7.18. The van der Waals surface area contributed by atoms with Gasteiger partial charge in [-0.25, -0.2) is 4.79 Å². The van der Waals surface area contributed by atoms with E-state index in [9.17, 15) is 14.4 Å². The number of anilines is 1. The number of halogens is 1. The first-order chi connectivity index (χ1) is 11.5. The average Bonchev–Trinajstić information content (AvgIpc) is 3.22. The standard InChI is InChI=1S/C15H13ClN2O4S2/c1-22-15(21)18-13(20)11-7-3-2-4-8(7)24-14(11)17-12(19)9-5-6-10(16)23-9/h5-6H,2-4H2,1H3,(H,17,19)(H,18,20,21). The van der Waals surface area contributed by atoms with E-state index in [0.29, 0.717) is 19.8 Å². The lowest BCUT2D eigenvalue weighted by atomic mass is 10.1. The lowest BCUT2D eigenvalue weighted by Gasteiger charge is -2.07. The van der Waals surface area contributed by atoms with Crippen LogP contribution in [0.3, 0.4) is 0 Å². The SMILES string of the molecule is COC(=O)NC(=O)c1c(NC(=O)c2ccc(Cl)s2)sc2c1CCC2. The molecular weight excluding hydrogens is 372 g/mol. The minimum absolute atomic E-state index is 0.334. The molecule has 3 rings (SSSR count). The van der Waals surface area contributed by atoms with E-state index in [1.807, 2.05) is 0 Å². The molecule has 3 amide bonds. The molecule has 0 fully saturated rings. The quantitative estimate of drug-likeness (QED) is 0.844. The summed E-state index contributed by atoms with van der Waals surface area (Å²) in [6.45, 7) is 0. The third-order valence-electron chi connectivity index (χ3n) is 3.57. The van der Waals surface area contributed by atoms with Crippen LogP contribution in [-0.2, 0) is 17.6 Å². The zero-order valence-corrected chi connectivity index (χ0v) is 15.0. The fourth-order valence-corrected chi connectivity index (χ4v) is 4.76. The van der Waals surface area contributed by atoms with Crippen LogP contribution in [-0.4, -0.2) is 25.0 Å². The summed E-state index contributed by atoms with van der Waals surface area (Å²) in [6, 6.07) is 3.26. The Morgan fingerprint density at radius 1 is 1.17 bits per heavy atom. The number of alkyl carbamates (subject to hydrolysis) is 1. The van der Waals surface area contributed by atoms with Gasteiger partial charge in [0.1, 0.15) is 5.00 Å². The molecule has 0 saturated heterocycles. The molecule has 0 aliphatic heterocycles. The van der Waals surface area contributed by atoms with E-state index in [1.165, 1.54) is 18.4 Å². The number of methoxy groups -OCH3 is 1. The normalized spacial score (nSPS) is 12.6. The second-order valence-corrected chi connectivity index (χ2v) is 7.89. The molecule has 1 aliphatic rings. The molecule has 2 aromatic heterocycles. The topological polar surface area (TPSA) is 84.5 Å². The van der Waals surface area contributed by atoms with Crippen LogP contribution in [0.4, 0.5) is 9.80 Å². The Hall–Kier alpha value is -1.90. The molecule has 0 bridgehead atoms. The van der Waals surface area contributed by atoms with Gasteiger partial charge in [0.25, 0.3) is 11.8 Å². The molecule has 2 aromatic rings. The summed E-state index contributed by atoms with van der Waals surface area (Å²) in [5, 5.41) is 5.36. The summed E-state index contributed by atoms with van der Waals surface area (Å²) in [5.74, 6) is -0.903. The minimum atomic E-state index is -0.833. The van der Waals surface area contributed by atoms with Gasteiger partial charge in [-0.15, -0.1) is 22.7 Å². The van der Waals surface area contributed by atoms with Crippen LogP contribution in [0.1, 0.15) is 36.9 Å². The Bertz CT molecular complexity index is 828. The van der Waals surface area contributed by atoms with Gasteiger partial charge in [0.2, 0.25) is 0 Å². The van der Waals surface area contributed by atoms with Crippen LogP contribution in [0.25, 0.3) is 0 Å². The van der Waals surface area contributed by atoms with E-state index < -0.39 is 12.0 Å². The van der Waals surface area contributed by atoms with Gasteiger partial charge in [0, 0.05) is 4.88 Å². The average molecular weight is 385 g/mol. The molecule has 126 valence electrons. The number of hydrogen-bond acceptors (Lipinski definition) is 6. The number of nitrogens with one attached hydrogen (secondary N) is 2. The summed E-state index contributed by atoms with van der Waals surface area (Å²) < 4.78 is 4.98. The Morgan fingerprint density at radius 3 is 2.62 bits per heavy atom. The number of carbonyl (C=O) groups excluding carboxylic acids is 3. The van der Waals surface area contributed by atoms with Crippen molar-refractivity contribution in [3.8, 4) is 0 Å². The molecule has 0 saturated carbocycles. The molecule has 2 heterocycles. The van der Waals surface area contributed by atoms with Crippen molar-refractivity contribution in [3.63, 3.8) is 0 Å². The largest absolute Gasteiger partial charge is 0.453 e. The number of imide groups is 1. The number of amides is 3. The smallest absolute Gasteiger partial charge is 0.413 e. The highest BCUT2D eigenvalue weighted by Gasteiger charge is 2.28. The molecule has 0 spiro atoms. The molecule has 1 aliphatic carbocycles. The Morgan fingerprint density at radius 2 is 1.96 bits per heavy atom. The lowest BCUT2D eigenvalue weighted by molar-refractivity contribution is 0.0937. The molecule has 0 radical (unpaired) electrons. The zero-order chi connectivity index (χ0) is 17.3. The van der Waals surface area contributed by atoms with Gasteiger partial charge < -0.3 is 10.1 Å². The second-order valence-electron chi connectivity index (χ2n) is 5.07. The number of aryl methyl sites for hydroxylation is 1. The maximum atomic E-state index is 12.4. The van der Waals surface area contributed by atoms with E-state index in [0.717, 1.165) is 41.0 Å². The van der Waals surface area contributed by atoms with Crippen molar-refractivity contribution in [1.29, 1.82) is 0 Å². The van der Waals surface area contributed by atoms with E-state index in [2.05, 4.69) is 15.4 Å². The van der Waals surface area contributed by atoms with Crippen molar-refractivity contribution in [2.24, 2.45) is 0 Å². The van der Waals surface area contributed by atoms with Crippen molar-refractivity contribution in [1.82, 2.24) is 5.32 Å². The number of ether oxygens (including phenoxy) is 1. The van der Waals surface area contributed by atoms with Crippen molar-refractivity contribution >= 4 is 57.2 Å². The van der Waals surface area contributed by atoms with Crippen LogP contribution >= 0.6 is 34.3 Å². The molecular formula is C15H13ClN2O4S2. The maximum absolute atomic E-state index is 12.4. The van der Waals surface area contributed by atoms with Gasteiger partial charge >= 0.3 is 6.09 Å². The summed E-state index contributed by atoms with van der Waals surface area (Å²) in [7, 11) is 1.18. The predicted molar refractivity (Wildman–Crippen MR) is 93.5 cm³/mol. The molecule has 0 aromatic carbocycles. The summed E-state index contributed by atoms with van der Waals surface area (Å²) in [5.41, 5.74) is 1.23. The Balaban J connectivity index is 1.89. The third kappa shape index (κ3) is 3.31. The van der Waals surface area contributed by atoms with Gasteiger partial charge in [0.05, 0.1) is 21.9 Å². The van der Waals surface area contributed by atoms with Crippen LogP contribution < -0.4 is 10.6 Å². The fraction of sp³-hybridized carbons (Fsp3) is 0.267. The second kappa shape index (κ2) is 6.92. The van der Waals surface area contributed by atoms with Gasteiger partial charge in [-0.1, -0.05) is 11.6 Å². The van der Waals surface area contributed by atoms with Crippen LogP contribution in [0, 0.1) is 0 Å². The van der Waals surface area contributed by atoms with Crippen molar-refractivity contribution < 1.29 is 19.1 Å². The lowest BCUT2D eigenvalue weighted by Crippen LogP contribution is -2.31. The summed E-state index contributed by atoms with van der Waals surface area (Å²) in [6.07, 6.45) is 1.73. The highest BCUT2D eigenvalue weighted by Crippen LogP contribution is 2.39. The molecule has 24 heavy (non-hydrogen) atoms.